The monoisotopic (exact) mass is 307 g/mol. The molecule has 2 aromatic heterocycles. The quantitative estimate of drug-likeness (QED) is 0.889. The van der Waals surface area contributed by atoms with Crippen LogP contribution in [0.5, 0.6) is 0 Å². The number of amides is 1. The zero-order valence-electron chi connectivity index (χ0n) is 11.1. The van der Waals surface area contributed by atoms with E-state index in [4.69, 9.17) is 0 Å². The smallest absolute Gasteiger partial charge is 0.223 e. The zero-order valence-corrected chi connectivity index (χ0v) is 12.7. The summed E-state index contributed by atoms with van der Waals surface area (Å²) in [6.45, 7) is 5.04. The molecule has 104 valence electrons. The van der Waals surface area contributed by atoms with Crippen molar-refractivity contribution < 1.29 is 4.79 Å². The van der Waals surface area contributed by atoms with E-state index in [1.165, 1.54) is 24.0 Å². The highest BCUT2D eigenvalue weighted by molar-refractivity contribution is 7.19. The molecule has 1 aliphatic rings. The molecule has 2 aromatic rings. The molecule has 0 fully saturated rings. The van der Waals surface area contributed by atoms with Crippen molar-refractivity contribution in [2.45, 2.75) is 13.8 Å². The second-order valence-corrected chi connectivity index (χ2v) is 6.25. The van der Waals surface area contributed by atoms with E-state index < -0.39 is 0 Å². The molecule has 0 unspecified atom stereocenters. The molecule has 3 heterocycles. The van der Waals surface area contributed by atoms with Crippen molar-refractivity contribution in [3.8, 4) is 10.6 Å². The van der Waals surface area contributed by atoms with Crippen molar-refractivity contribution in [2.24, 2.45) is 4.99 Å². The molecular formula is C12H13N5OS2. The van der Waals surface area contributed by atoms with E-state index in [0.29, 0.717) is 5.13 Å². The maximum Gasteiger partial charge on any atom is 0.223 e. The minimum absolute atomic E-state index is 0.115. The number of nitrogens with zero attached hydrogens (tertiary/aromatic N) is 3. The largest absolute Gasteiger partial charge is 0.356 e. The molecule has 3 rings (SSSR count). The van der Waals surface area contributed by atoms with E-state index in [9.17, 15) is 4.79 Å². The summed E-state index contributed by atoms with van der Waals surface area (Å²) >= 11 is 3.00. The molecule has 8 heteroatoms. The summed E-state index contributed by atoms with van der Waals surface area (Å²) in [6, 6.07) is 0. The molecule has 0 saturated carbocycles. The minimum atomic E-state index is -0.115. The summed E-state index contributed by atoms with van der Waals surface area (Å²) in [5.41, 5.74) is 2.95. The summed E-state index contributed by atoms with van der Waals surface area (Å²) in [5, 5.41) is 9.43. The second-order valence-electron chi connectivity index (χ2n) is 4.39. The molecule has 0 aliphatic carbocycles. The van der Waals surface area contributed by atoms with Crippen LogP contribution in [-0.2, 0) is 4.79 Å². The predicted molar refractivity (Wildman–Crippen MR) is 83.1 cm³/mol. The SMILES string of the molecule is CC(=O)Nc1nc(C)c(-c2csc(NCC3=NC3)n2)s1. The number of aryl methyl sites for hydroxylation is 1. The van der Waals surface area contributed by atoms with Gasteiger partial charge in [-0.2, -0.15) is 0 Å². The van der Waals surface area contributed by atoms with E-state index >= 15 is 0 Å². The third-order valence-corrected chi connectivity index (χ3v) is 4.54. The van der Waals surface area contributed by atoms with Gasteiger partial charge >= 0.3 is 0 Å². The lowest BCUT2D eigenvalue weighted by atomic mass is 10.3. The van der Waals surface area contributed by atoms with Gasteiger partial charge in [0.2, 0.25) is 5.91 Å². The fourth-order valence-electron chi connectivity index (χ4n) is 1.64. The third-order valence-electron chi connectivity index (χ3n) is 2.64. The first kappa shape index (κ1) is 13.2. The van der Waals surface area contributed by atoms with Crippen LogP contribution in [0.3, 0.4) is 0 Å². The van der Waals surface area contributed by atoms with Gasteiger partial charge in [-0.1, -0.05) is 11.3 Å². The van der Waals surface area contributed by atoms with Gasteiger partial charge in [0.25, 0.3) is 0 Å². The lowest BCUT2D eigenvalue weighted by Crippen LogP contribution is -2.05. The van der Waals surface area contributed by atoms with E-state index in [1.54, 1.807) is 11.3 Å². The van der Waals surface area contributed by atoms with Crippen LogP contribution in [0.25, 0.3) is 10.6 Å². The van der Waals surface area contributed by atoms with Crippen LogP contribution in [0.2, 0.25) is 0 Å². The molecule has 0 atom stereocenters. The van der Waals surface area contributed by atoms with E-state index in [2.05, 4.69) is 25.6 Å². The Kier molecular flexibility index (Phi) is 3.49. The van der Waals surface area contributed by atoms with Gasteiger partial charge < -0.3 is 10.6 Å². The molecule has 0 radical (unpaired) electrons. The highest BCUT2D eigenvalue weighted by atomic mass is 32.1. The van der Waals surface area contributed by atoms with Crippen LogP contribution in [0.15, 0.2) is 10.4 Å². The van der Waals surface area contributed by atoms with Gasteiger partial charge in [-0.3, -0.25) is 9.79 Å². The van der Waals surface area contributed by atoms with Crippen LogP contribution in [-0.4, -0.2) is 34.7 Å². The number of thiazole rings is 2. The van der Waals surface area contributed by atoms with E-state index in [-0.39, 0.29) is 5.91 Å². The molecular weight excluding hydrogens is 294 g/mol. The van der Waals surface area contributed by atoms with Crippen molar-refractivity contribution in [1.29, 1.82) is 0 Å². The van der Waals surface area contributed by atoms with Crippen LogP contribution in [0.4, 0.5) is 10.3 Å². The molecule has 6 nitrogen and oxygen atoms in total. The highest BCUT2D eigenvalue weighted by Gasteiger charge is 2.15. The number of hydrogen-bond acceptors (Lipinski definition) is 7. The zero-order chi connectivity index (χ0) is 14.1. The summed E-state index contributed by atoms with van der Waals surface area (Å²) < 4.78 is 0. The van der Waals surface area contributed by atoms with Crippen molar-refractivity contribution in [2.75, 3.05) is 23.7 Å². The lowest BCUT2D eigenvalue weighted by Gasteiger charge is -1.95. The first-order valence-corrected chi connectivity index (χ1v) is 7.78. The number of carbonyl (C=O) groups is 1. The molecule has 1 aliphatic heterocycles. The molecule has 0 bridgehead atoms. The molecule has 0 spiro atoms. The van der Waals surface area contributed by atoms with Crippen molar-refractivity contribution in [1.82, 2.24) is 9.97 Å². The maximum absolute atomic E-state index is 11.1. The normalized spacial score (nSPS) is 13.0. The minimum Gasteiger partial charge on any atom is -0.356 e. The standard InChI is InChI=1S/C12H13N5OS2/c1-6-10(20-12(15-6)16-7(2)18)9-5-19-11(17-9)14-4-8-3-13-8/h5H,3-4H2,1-2H3,(H,14,17)(H,15,16,18). The number of anilines is 2. The Morgan fingerprint density at radius 1 is 1.40 bits per heavy atom. The molecule has 2 N–H and O–H groups in total. The summed E-state index contributed by atoms with van der Waals surface area (Å²) in [6.07, 6.45) is 0. The van der Waals surface area contributed by atoms with Crippen LogP contribution < -0.4 is 10.6 Å². The van der Waals surface area contributed by atoms with Gasteiger partial charge in [-0.15, -0.1) is 11.3 Å². The third kappa shape index (κ3) is 3.02. The fourth-order valence-corrected chi connectivity index (χ4v) is 3.39. The average molecular weight is 307 g/mol. The van der Waals surface area contributed by atoms with Crippen LogP contribution in [0.1, 0.15) is 12.6 Å². The molecule has 0 saturated heterocycles. The van der Waals surface area contributed by atoms with Gasteiger partial charge in [0.1, 0.15) is 0 Å². The van der Waals surface area contributed by atoms with Crippen LogP contribution >= 0.6 is 22.7 Å². The summed E-state index contributed by atoms with van der Waals surface area (Å²) in [5.74, 6) is -0.115. The molecule has 20 heavy (non-hydrogen) atoms. The first-order chi connectivity index (χ1) is 9.61. The number of carbonyl (C=O) groups excluding carboxylic acids is 1. The first-order valence-electron chi connectivity index (χ1n) is 6.09. The van der Waals surface area contributed by atoms with Gasteiger partial charge in [0, 0.05) is 12.3 Å². The summed E-state index contributed by atoms with van der Waals surface area (Å²) in [7, 11) is 0. The number of rotatable bonds is 5. The Hall–Kier alpha value is -1.80. The van der Waals surface area contributed by atoms with E-state index in [1.807, 2.05) is 12.3 Å². The van der Waals surface area contributed by atoms with Crippen molar-refractivity contribution in [3.63, 3.8) is 0 Å². The van der Waals surface area contributed by atoms with Crippen LogP contribution in [0, 0.1) is 6.92 Å². The van der Waals surface area contributed by atoms with Gasteiger partial charge in [-0.25, -0.2) is 9.97 Å². The summed E-state index contributed by atoms with van der Waals surface area (Å²) in [4.78, 5) is 25.0. The Labute approximate surface area is 124 Å². The van der Waals surface area contributed by atoms with Crippen molar-refractivity contribution in [3.05, 3.63) is 11.1 Å². The average Bonchev–Trinajstić information content (AvgIpc) is 2.98. The number of nitrogens with one attached hydrogen (secondary N) is 2. The molecule has 1 amide bonds. The molecule has 0 aromatic carbocycles. The maximum atomic E-state index is 11.1. The van der Waals surface area contributed by atoms with Gasteiger partial charge in [-0.05, 0) is 6.92 Å². The number of aromatic nitrogens is 2. The van der Waals surface area contributed by atoms with Gasteiger partial charge in [0.15, 0.2) is 10.3 Å². The lowest BCUT2D eigenvalue weighted by molar-refractivity contribution is -0.114. The Bertz CT molecular complexity index is 688. The van der Waals surface area contributed by atoms with Crippen molar-refractivity contribution >= 4 is 44.6 Å². The van der Waals surface area contributed by atoms with Gasteiger partial charge in [0.05, 0.1) is 35.1 Å². The number of hydrogen-bond donors (Lipinski definition) is 2. The fraction of sp³-hybridized carbons (Fsp3) is 0.333. The Morgan fingerprint density at radius 3 is 2.90 bits per heavy atom. The Morgan fingerprint density at radius 2 is 2.20 bits per heavy atom. The predicted octanol–water partition coefficient (Wildman–Crippen LogP) is 2.40. The number of aliphatic imine (C=N–C) groups is 1. The highest BCUT2D eigenvalue weighted by Crippen LogP contribution is 2.34. The Balaban J connectivity index is 1.75. The van der Waals surface area contributed by atoms with E-state index in [0.717, 1.165) is 34.5 Å². The second kappa shape index (κ2) is 5.29. The topological polar surface area (TPSA) is 79.3 Å².